The Morgan fingerprint density at radius 2 is 1.38 bits per heavy atom. The topological polar surface area (TPSA) is 29.5 Å². The van der Waals surface area contributed by atoms with Crippen molar-refractivity contribution in [1.29, 1.82) is 0 Å². The molecular weight excluding hydrogens is 264 g/mol. The van der Waals surface area contributed by atoms with Crippen LogP contribution >= 0.6 is 46.4 Å². The van der Waals surface area contributed by atoms with Crippen LogP contribution in [0.3, 0.4) is 0 Å². The second-order valence-electron chi connectivity index (χ2n) is 2.14. The highest BCUT2D eigenvalue weighted by Gasteiger charge is 2.20. The Hall–Kier alpha value is -0.0200. The Balaban J connectivity index is 3.56. The van der Waals surface area contributed by atoms with Crippen LogP contribution in [0.1, 0.15) is 0 Å². The van der Waals surface area contributed by atoms with Gasteiger partial charge in [0.05, 0.1) is 17.2 Å². The average molecular weight is 268 g/mol. The quantitative estimate of drug-likeness (QED) is 0.615. The first-order valence-corrected chi connectivity index (χ1v) is 4.60. The fourth-order valence-corrected chi connectivity index (χ4v) is 1.69. The Morgan fingerprint density at radius 1 is 0.923 bits per heavy atom. The van der Waals surface area contributed by atoms with Gasteiger partial charge < -0.3 is 9.84 Å². The molecule has 0 spiro atoms. The molecule has 0 unspecified atom stereocenters. The third-order valence-corrected chi connectivity index (χ3v) is 3.18. The van der Waals surface area contributed by atoms with E-state index >= 15 is 0 Å². The highest BCUT2D eigenvalue weighted by atomic mass is 35.5. The summed E-state index contributed by atoms with van der Waals surface area (Å²) in [6.07, 6.45) is 0. The number of benzene rings is 1. The van der Waals surface area contributed by atoms with Gasteiger partial charge >= 0.3 is 0 Å². The van der Waals surface area contributed by atoms with Gasteiger partial charge in [0.15, 0.2) is 11.5 Å². The Bertz CT molecular complexity index is 322. The molecule has 1 N–H and O–H groups in total. The number of phenols is 1. The normalized spacial score (nSPS) is 10.2. The van der Waals surface area contributed by atoms with Crippen LogP contribution in [0.15, 0.2) is 0 Å². The van der Waals surface area contributed by atoms with Crippen LogP contribution in [0.25, 0.3) is 0 Å². The summed E-state index contributed by atoms with van der Waals surface area (Å²) < 4.78 is 4.78. The molecule has 1 aromatic rings. The molecule has 0 atom stereocenters. The van der Waals surface area contributed by atoms with E-state index in [0.29, 0.717) is 0 Å². The Kier molecular flexibility index (Phi) is 3.41. The van der Waals surface area contributed by atoms with Crippen LogP contribution in [0.5, 0.6) is 11.5 Å². The number of hydrogen-bond acceptors (Lipinski definition) is 2. The van der Waals surface area contributed by atoms with Gasteiger partial charge in [-0.1, -0.05) is 46.4 Å². The molecule has 13 heavy (non-hydrogen) atoms. The standard InChI is InChI=1S/C7H4Cl4O2/c1-13-7-5(11)3(9)2(8)4(10)6(7)12/h12H,1H3/i2+1,3+1,4+1,5+1,6+1,7+1. The lowest BCUT2D eigenvalue weighted by molar-refractivity contribution is 0.374. The number of rotatable bonds is 1. The first-order valence-electron chi connectivity index (χ1n) is 3.09. The summed E-state index contributed by atoms with van der Waals surface area (Å²) >= 11 is 22.7. The van der Waals surface area contributed by atoms with Crippen LogP contribution in [-0.4, -0.2) is 12.2 Å². The lowest BCUT2D eigenvalue weighted by atomic mass is 11.2. The Morgan fingerprint density at radius 3 is 1.85 bits per heavy atom. The van der Waals surface area contributed by atoms with Gasteiger partial charge in [-0.05, 0) is 0 Å². The maximum Gasteiger partial charge on any atom is 0.182 e. The van der Waals surface area contributed by atoms with Crippen molar-refractivity contribution in [3.63, 3.8) is 0 Å². The van der Waals surface area contributed by atoms with Crippen molar-refractivity contribution in [3.05, 3.63) is 20.1 Å². The second-order valence-corrected chi connectivity index (χ2v) is 3.65. The number of hydrogen-bond donors (Lipinski definition) is 1. The largest absolute Gasteiger partial charge is 0.503 e. The van der Waals surface area contributed by atoms with E-state index in [0.717, 1.165) is 0 Å². The van der Waals surface area contributed by atoms with Gasteiger partial charge in [0.1, 0.15) is 10.0 Å². The molecule has 0 heterocycles. The monoisotopic (exact) mass is 266 g/mol. The van der Waals surface area contributed by atoms with Crippen molar-refractivity contribution in [2.24, 2.45) is 0 Å². The summed E-state index contributed by atoms with van der Waals surface area (Å²) in [6, 6.07) is 0. The minimum absolute atomic E-state index is 0.00614. The van der Waals surface area contributed by atoms with Crippen molar-refractivity contribution in [3.8, 4) is 11.5 Å². The van der Waals surface area contributed by atoms with E-state index in [-0.39, 0.29) is 31.6 Å². The first kappa shape index (κ1) is 11.1. The van der Waals surface area contributed by atoms with Gasteiger partial charge in [0, 0.05) is 0 Å². The molecule has 0 saturated heterocycles. The molecule has 1 aromatic carbocycles. The highest BCUT2D eigenvalue weighted by molar-refractivity contribution is 6.52. The van der Waals surface area contributed by atoms with Gasteiger partial charge in [0.25, 0.3) is 0 Å². The van der Waals surface area contributed by atoms with Crippen LogP contribution in [0.4, 0.5) is 0 Å². The second kappa shape index (κ2) is 4.01. The van der Waals surface area contributed by atoms with Crippen molar-refractivity contribution >= 4 is 46.4 Å². The van der Waals surface area contributed by atoms with Gasteiger partial charge in [-0.2, -0.15) is 0 Å². The van der Waals surface area contributed by atoms with Crippen molar-refractivity contribution < 1.29 is 9.84 Å². The number of halogens is 4. The van der Waals surface area contributed by atoms with E-state index in [2.05, 4.69) is 0 Å². The predicted molar refractivity (Wildman–Crippen MR) is 54.7 cm³/mol. The number of phenolic OH excluding ortho intramolecular Hbond substituents is 1. The molecule has 0 aliphatic rings. The van der Waals surface area contributed by atoms with E-state index in [9.17, 15) is 5.11 Å². The zero-order valence-corrected chi connectivity index (χ0v) is 9.39. The third-order valence-electron chi connectivity index (χ3n) is 1.40. The van der Waals surface area contributed by atoms with Crippen molar-refractivity contribution in [1.82, 2.24) is 0 Å². The fraction of sp³-hybridized carbons (Fsp3) is 0.143. The molecule has 0 fully saturated rings. The van der Waals surface area contributed by atoms with E-state index in [1.165, 1.54) is 7.11 Å². The molecule has 0 saturated carbocycles. The molecule has 0 bridgehead atoms. The molecule has 72 valence electrons. The van der Waals surface area contributed by atoms with E-state index < -0.39 is 0 Å². The minimum Gasteiger partial charge on any atom is -0.503 e. The SMILES string of the molecule is CO[13c]1[13c](O)[13c](Cl)[13c](Cl)[13c](Cl)[13c]1Cl. The molecule has 0 amide bonds. The lowest BCUT2D eigenvalue weighted by Gasteiger charge is -2.10. The molecule has 1 rings (SSSR count). The molecule has 2 nitrogen and oxygen atoms in total. The smallest absolute Gasteiger partial charge is 0.182 e. The minimum atomic E-state index is -0.316. The summed E-state index contributed by atoms with van der Waals surface area (Å²) in [5.41, 5.74) is 0. The van der Waals surface area contributed by atoms with E-state index in [4.69, 9.17) is 51.1 Å². The molecule has 0 radical (unpaired) electrons. The van der Waals surface area contributed by atoms with Crippen molar-refractivity contribution in [2.75, 3.05) is 7.11 Å². The van der Waals surface area contributed by atoms with Gasteiger partial charge in [-0.15, -0.1) is 0 Å². The summed E-state index contributed by atoms with van der Waals surface area (Å²) in [4.78, 5) is 0. The van der Waals surface area contributed by atoms with Gasteiger partial charge in [-0.3, -0.25) is 0 Å². The van der Waals surface area contributed by atoms with Crippen molar-refractivity contribution in [2.45, 2.75) is 0 Å². The zero-order valence-electron chi connectivity index (χ0n) is 6.37. The summed E-state index contributed by atoms with van der Waals surface area (Å²) in [6.45, 7) is 0. The zero-order chi connectivity index (χ0) is 10.2. The van der Waals surface area contributed by atoms with Gasteiger partial charge in [0.2, 0.25) is 0 Å². The fourth-order valence-electron chi connectivity index (χ4n) is 0.786. The van der Waals surface area contributed by atoms with Gasteiger partial charge in [-0.25, -0.2) is 0 Å². The Labute approximate surface area is 94.9 Å². The first-order chi connectivity index (χ1) is 6.00. The molecule has 6 heteroatoms. The molecule has 0 aliphatic heterocycles. The molecular formula is C7H4Cl4O2. The van der Waals surface area contributed by atoms with Crippen LogP contribution in [0.2, 0.25) is 20.1 Å². The number of ether oxygens (including phenoxy) is 1. The number of aromatic hydroxyl groups is 1. The maximum atomic E-state index is 9.40. The maximum absolute atomic E-state index is 9.40. The van der Waals surface area contributed by atoms with Crippen LogP contribution < -0.4 is 4.74 Å². The molecule has 0 aromatic heterocycles. The number of methoxy groups -OCH3 is 1. The van der Waals surface area contributed by atoms with E-state index in [1.807, 2.05) is 0 Å². The average Bonchev–Trinajstić information content (AvgIpc) is 2.13. The van der Waals surface area contributed by atoms with Crippen LogP contribution in [-0.2, 0) is 0 Å². The highest BCUT2D eigenvalue weighted by Crippen LogP contribution is 2.49. The summed E-state index contributed by atoms with van der Waals surface area (Å²) in [7, 11) is 1.33. The molecule has 0 aliphatic carbocycles. The third kappa shape index (κ3) is 1.77. The lowest BCUT2D eigenvalue weighted by Crippen LogP contribution is -1.87. The van der Waals surface area contributed by atoms with Crippen LogP contribution in [0, 0.1) is 0 Å². The summed E-state index contributed by atoms with van der Waals surface area (Å²) in [5, 5.41) is 9.43. The predicted octanol–water partition coefficient (Wildman–Crippen LogP) is 4.01. The summed E-state index contributed by atoms with van der Waals surface area (Å²) in [5.74, 6) is -0.301. The van der Waals surface area contributed by atoms with E-state index in [1.54, 1.807) is 0 Å².